The van der Waals surface area contributed by atoms with Gasteiger partial charge in [-0.05, 0) is 109 Å². The molecule has 1 unspecified atom stereocenters. The van der Waals surface area contributed by atoms with Gasteiger partial charge in [-0.1, -0.05) is 303 Å². The van der Waals surface area contributed by atoms with Gasteiger partial charge >= 0.3 is 17.9 Å². The van der Waals surface area contributed by atoms with Crippen molar-refractivity contribution in [2.24, 2.45) is 0 Å². The molecule has 0 saturated heterocycles. The number of carbonyl (C=O) groups is 3. The van der Waals surface area contributed by atoms with Crippen molar-refractivity contribution in [1.29, 1.82) is 0 Å². The molecule has 0 saturated carbocycles. The lowest BCUT2D eigenvalue weighted by Gasteiger charge is -2.18. The third-order valence-electron chi connectivity index (χ3n) is 14.2. The molecule has 0 aromatic rings. The fraction of sp³-hybridized carbons (Fsp3) is 0.689. The molecule has 0 fully saturated rings. The van der Waals surface area contributed by atoms with E-state index in [1.807, 2.05) is 0 Å². The van der Waals surface area contributed by atoms with E-state index in [9.17, 15) is 14.4 Å². The first-order valence-corrected chi connectivity index (χ1v) is 33.5. The predicted octanol–water partition coefficient (Wildman–Crippen LogP) is 23.2. The van der Waals surface area contributed by atoms with Crippen molar-refractivity contribution in [3.63, 3.8) is 0 Å². The van der Waals surface area contributed by atoms with Crippen molar-refractivity contribution >= 4 is 17.9 Å². The van der Waals surface area contributed by atoms with E-state index >= 15 is 0 Å². The van der Waals surface area contributed by atoms with Gasteiger partial charge in [-0.25, -0.2) is 0 Å². The van der Waals surface area contributed by atoms with Crippen LogP contribution in [-0.2, 0) is 28.6 Å². The summed E-state index contributed by atoms with van der Waals surface area (Å²) < 4.78 is 16.9. The van der Waals surface area contributed by atoms with E-state index in [4.69, 9.17) is 14.2 Å². The summed E-state index contributed by atoms with van der Waals surface area (Å²) in [5.41, 5.74) is 0. The molecule has 6 heteroatoms. The van der Waals surface area contributed by atoms with Gasteiger partial charge < -0.3 is 14.2 Å². The molecular weight excluding hydrogens is 985 g/mol. The van der Waals surface area contributed by atoms with Crippen molar-refractivity contribution in [3.8, 4) is 0 Å². The zero-order chi connectivity index (χ0) is 57.8. The van der Waals surface area contributed by atoms with Crippen LogP contribution >= 0.6 is 0 Å². The molecule has 0 rings (SSSR count). The number of ether oxygens (including phenoxy) is 3. The molecule has 0 bridgehead atoms. The van der Waals surface area contributed by atoms with Crippen LogP contribution in [0.3, 0.4) is 0 Å². The van der Waals surface area contributed by atoms with Gasteiger partial charge in [0.1, 0.15) is 13.2 Å². The molecule has 456 valence electrons. The van der Waals surface area contributed by atoms with Gasteiger partial charge in [-0.3, -0.25) is 14.4 Å². The average Bonchev–Trinajstić information content (AvgIpc) is 3.46. The maximum atomic E-state index is 12.9. The highest BCUT2D eigenvalue weighted by atomic mass is 16.6. The standard InChI is InChI=1S/C74H124O6/c1-4-7-10-13-16-19-22-25-28-30-31-32-33-34-35-36-37-38-39-40-41-42-43-45-46-49-52-55-58-61-64-67-73(76)79-70-71(69-78-72(75)66-63-60-57-54-51-48-27-24-21-18-15-12-9-6-3)80-74(77)68-65-62-59-56-53-50-47-44-29-26-23-20-17-14-11-8-5-2/h7-8,10-11,16-17,19-20,25-26,28-29,31-32,34-35,37-38,40-41,71H,4-6,9,12-15,18,21-24,27,30,33,36,39,42-70H2,1-3H3/b10-7-,11-8-,19-16-,20-17-,28-25-,29-26-,32-31-,35-34-,38-37-,41-40-. The van der Waals surface area contributed by atoms with Gasteiger partial charge in [0.05, 0.1) is 0 Å². The van der Waals surface area contributed by atoms with Crippen molar-refractivity contribution in [2.45, 2.75) is 316 Å². The van der Waals surface area contributed by atoms with E-state index in [0.717, 1.165) is 135 Å². The van der Waals surface area contributed by atoms with Gasteiger partial charge in [-0.15, -0.1) is 0 Å². The third-order valence-corrected chi connectivity index (χ3v) is 14.2. The average molecular weight is 1110 g/mol. The predicted molar refractivity (Wildman–Crippen MR) is 348 cm³/mol. The molecule has 0 aliphatic heterocycles. The summed E-state index contributed by atoms with van der Waals surface area (Å²) in [6.07, 6.45) is 93.5. The molecule has 0 heterocycles. The molecule has 0 aromatic heterocycles. The first kappa shape index (κ1) is 75.8. The normalized spacial score (nSPS) is 12.9. The molecule has 1 atom stereocenters. The molecule has 0 aliphatic carbocycles. The van der Waals surface area contributed by atoms with Gasteiger partial charge in [0, 0.05) is 19.3 Å². The third kappa shape index (κ3) is 64.6. The highest BCUT2D eigenvalue weighted by molar-refractivity contribution is 5.71. The lowest BCUT2D eigenvalue weighted by Crippen LogP contribution is -2.30. The number of unbranched alkanes of at least 4 members (excludes halogenated alkanes) is 29. The van der Waals surface area contributed by atoms with Crippen molar-refractivity contribution < 1.29 is 28.6 Å². The Morgan fingerprint density at radius 3 is 0.762 bits per heavy atom. The van der Waals surface area contributed by atoms with Crippen LogP contribution in [0.5, 0.6) is 0 Å². The van der Waals surface area contributed by atoms with Crippen LogP contribution in [-0.4, -0.2) is 37.2 Å². The van der Waals surface area contributed by atoms with Crippen LogP contribution in [0.1, 0.15) is 310 Å². The summed E-state index contributed by atoms with van der Waals surface area (Å²) in [6, 6.07) is 0. The maximum Gasteiger partial charge on any atom is 0.306 e. The molecule has 0 amide bonds. The van der Waals surface area contributed by atoms with Crippen LogP contribution < -0.4 is 0 Å². The highest BCUT2D eigenvalue weighted by Crippen LogP contribution is 2.16. The SMILES string of the molecule is CC/C=C\C/C=C\C/C=C\C/C=C\C/C=C\C/C=C\C/C=C\CCCCCCCCCCCC(=O)OCC(COC(=O)CCCCCCCCCCCCCCCC)OC(=O)CCCCCCCCC/C=C\C/C=C\C/C=C\CC. The zero-order valence-electron chi connectivity index (χ0n) is 52.3. The number of esters is 3. The summed E-state index contributed by atoms with van der Waals surface area (Å²) in [6.45, 7) is 6.43. The minimum atomic E-state index is -0.788. The smallest absolute Gasteiger partial charge is 0.306 e. The zero-order valence-corrected chi connectivity index (χ0v) is 52.3. The van der Waals surface area contributed by atoms with Gasteiger partial charge in [0.15, 0.2) is 6.10 Å². The topological polar surface area (TPSA) is 78.9 Å². The summed E-state index contributed by atoms with van der Waals surface area (Å²) in [5, 5.41) is 0. The second kappa shape index (κ2) is 67.3. The van der Waals surface area contributed by atoms with Gasteiger partial charge in [0.2, 0.25) is 0 Å². The second-order valence-corrected chi connectivity index (χ2v) is 22.0. The first-order chi connectivity index (χ1) is 39.5. The fourth-order valence-electron chi connectivity index (χ4n) is 9.26. The lowest BCUT2D eigenvalue weighted by molar-refractivity contribution is -0.167. The first-order valence-electron chi connectivity index (χ1n) is 33.5. The van der Waals surface area contributed by atoms with E-state index in [1.165, 1.54) is 135 Å². The Labute approximate surface area is 494 Å². The molecule has 0 N–H and O–H groups in total. The van der Waals surface area contributed by atoms with Crippen LogP contribution in [0.4, 0.5) is 0 Å². The minimum absolute atomic E-state index is 0.0826. The summed E-state index contributed by atoms with van der Waals surface area (Å²) in [7, 11) is 0. The Hall–Kier alpha value is -4.19. The van der Waals surface area contributed by atoms with Crippen molar-refractivity contribution in [2.75, 3.05) is 13.2 Å². The summed E-state index contributed by atoms with van der Waals surface area (Å²) >= 11 is 0. The molecule has 0 radical (unpaired) electrons. The Morgan fingerprint density at radius 1 is 0.263 bits per heavy atom. The fourth-order valence-corrected chi connectivity index (χ4v) is 9.26. The van der Waals surface area contributed by atoms with E-state index in [0.29, 0.717) is 19.3 Å². The van der Waals surface area contributed by atoms with Crippen LogP contribution in [0.2, 0.25) is 0 Å². The van der Waals surface area contributed by atoms with Gasteiger partial charge in [-0.2, -0.15) is 0 Å². The Morgan fingerprint density at radius 2 is 0.487 bits per heavy atom. The molecule has 80 heavy (non-hydrogen) atoms. The summed E-state index contributed by atoms with van der Waals surface area (Å²) in [4.78, 5) is 38.4. The molecule has 0 spiro atoms. The maximum absolute atomic E-state index is 12.9. The molecular formula is C74H124O6. The van der Waals surface area contributed by atoms with E-state index in [1.54, 1.807) is 0 Å². The highest BCUT2D eigenvalue weighted by Gasteiger charge is 2.19. The lowest BCUT2D eigenvalue weighted by atomic mass is 10.0. The Balaban J connectivity index is 4.30. The monoisotopic (exact) mass is 1110 g/mol. The number of carbonyl (C=O) groups excluding carboxylic acids is 3. The van der Waals surface area contributed by atoms with E-state index in [2.05, 4.69) is 142 Å². The Kier molecular flexibility index (Phi) is 63.8. The largest absolute Gasteiger partial charge is 0.462 e. The van der Waals surface area contributed by atoms with Gasteiger partial charge in [0.25, 0.3) is 0 Å². The van der Waals surface area contributed by atoms with Crippen molar-refractivity contribution in [1.82, 2.24) is 0 Å². The van der Waals surface area contributed by atoms with Crippen LogP contribution in [0.15, 0.2) is 122 Å². The van der Waals surface area contributed by atoms with Crippen LogP contribution in [0, 0.1) is 0 Å². The quantitative estimate of drug-likeness (QED) is 0.0261. The van der Waals surface area contributed by atoms with Crippen LogP contribution in [0.25, 0.3) is 0 Å². The second-order valence-electron chi connectivity index (χ2n) is 22.0. The Bertz CT molecular complexity index is 1650. The number of allylic oxidation sites excluding steroid dienone is 20. The number of hydrogen-bond acceptors (Lipinski definition) is 6. The van der Waals surface area contributed by atoms with E-state index in [-0.39, 0.29) is 31.1 Å². The van der Waals surface area contributed by atoms with E-state index < -0.39 is 6.10 Å². The number of hydrogen-bond donors (Lipinski definition) is 0. The summed E-state index contributed by atoms with van der Waals surface area (Å²) in [5.74, 6) is -0.890. The number of rotatable bonds is 60. The molecule has 0 aromatic carbocycles. The molecule has 0 aliphatic rings. The minimum Gasteiger partial charge on any atom is -0.462 e. The van der Waals surface area contributed by atoms with Crippen molar-refractivity contribution in [3.05, 3.63) is 122 Å². The molecule has 6 nitrogen and oxygen atoms in total.